The monoisotopic (exact) mass is 516 g/mol. The van der Waals surface area contributed by atoms with Gasteiger partial charge in [0.15, 0.2) is 5.69 Å². The smallest absolute Gasteiger partial charge is 0.435 e. The number of amides is 2. The lowest BCUT2D eigenvalue weighted by Gasteiger charge is -2.36. The Hall–Kier alpha value is -4.09. The summed E-state index contributed by atoms with van der Waals surface area (Å²) >= 11 is 0. The highest BCUT2D eigenvalue weighted by Crippen LogP contribution is 2.32. The molecule has 37 heavy (non-hydrogen) atoms. The van der Waals surface area contributed by atoms with Gasteiger partial charge in [0, 0.05) is 32.4 Å². The van der Waals surface area contributed by atoms with E-state index in [-0.39, 0.29) is 11.8 Å². The number of aromatic nitrogens is 3. The van der Waals surface area contributed by atoms with Gasteiger partial charge in [0.1, 0.15) is 11.4 Å². The molecule has 3 aromatic rings. The average molecular weight is 517 g/mol. The molecule has 0 spiro atoms. The first-order chi connectivity index (χ1) is 17.4. The van der Waals surface area contributed by atoms with Crippen molar-refractivity contribution >= 4 is 23.5 Å². The Balaban J connectivity index is 1.42. The van der Waals surface area contributed by atoms with Gasteiger partial charge in [-0.3, -0.25) is 4.79 Å². The molecule has 0 unspecified atom stereocenters. The highest BCUT2D eigenvalue weighted by atomic mass is 19.4. The number of alkyl halides is 3. The molecule has 1 aliphatic rings. The first kappa shape index (κ1) is 26.0. The lowest BCUT2D eigenvalue weighted by molar-refractivity contribution is -0.141. The molecule has 1 aromatic carbocycles. The van der Waals surface area contributed by atoms with Gasteiger partial charge in [-0.05, 0) is 45.0 Å². The number of hydrogen-bond acceptors (Lipinski definition) is 6. The van der Waals surface area contributed by atoms with E-state index in [0.29, 0.717) is 37.7 Å². The van der Waals surface area contributed by atoms with Crippen LogP contribution in [0, 0.1) is 0 Å². The van der Waals surface area contributed by atoms with Crippen molar-refractivity contribution in [3.05, 3.63) is 66.1 Å². The topological polar surface area (TPSA) is 92.6 Å². The molecular formula is C25H27F3N6O3. The van der Waals surface area contributed by atoms with E-state index in [0.717, 1.165) is 10.9 Å². The molecule has 1 fully saturated rings. The van der Waals surface area contributed by atoms with E-state index < -0.39 is 28.9 Å². The number of rotatable bonds is 4. The van der Waals surface area contributed by atoms with Crippen LogP contribution < -0.4 is 10.2 Å². The second-order valence-electron chi connectivity index (χ2n) is 9.48. The molecule has 9 nitrogen and oxygen atoms in total. The Kier molecular flexibility index (Phi) is 7.10. The highest BCUT2D eigenvalue weighted by Gasteiger charge is 2.39. The van der Waals surface area contributed by atoms with Crippen molar-refractivity contribution < 1.29 is 27.5 Å². The van der Waals surface area contributed by atoms with Crippen molar-refractivity contribution in [2.75, 3.05) is 36.4 Å². The first-order valence-electron chi connectivity index (χ1n) is 11.6. The fourth-order valence-electron chi connectivity index (χ4n) is 3.75. The maximum Gasteiger partial charge on any atom is 0.435 e. The molecule has 1 N–H and O–H groups in total. The van der Waals surface area contributed by atoms with E-state index in [9.17, 15) is 22.8 Å². The predicted octanol–water partition coefficient (Wildman–Crippen LogP) is 4.60. The van der Waals surface area contributed by atoms with Crippen molar-refractivity contribution in [2.45, 2.75) is 32.5 Å². The number of anilines is 2. The summed E-state index contributed by atoms with van der Waals surface area (Å²) in [5.74, 6) is -0.329. The molecule has 2 amide bonds. The Morgan fingerprint density at radius 1 is 0.973 bits per heavy atom. The minimum Gasteiger partial charge on any atom is -0.444 e. The quantitative estimate of drug-likeness (QED) is 0.545. The normalized spacial score (nSPS) is 14.4. The lowest BCUT2D eigenvalue weighted by atomic mass is 10.2. The van der Waals surface area contributed by atoms with Crippen LogP contribution >= 0.6 is 0 Å². The van der Waals surface area contributed by atoms with Gasteiger partial charge in [0.05, 0.1) is 23.1 Å². The van der Waals surface area contributed by atoms with Gasteiger partial charge >= 0.3 is 12.3 Å². The van der Waals surface area contributed by atoms with Gasteiger partial charge in [-0.2, -0.15) is 18.3 Å². The van der Waals surface area contributed by atoms with Gasteiger partial charge in [0.25, 0.3) is 5.91 Å². The van der Waals surface area contributed by atoms with Crippen molar-refractivity contribution in [2.24, 2.45) is 0 Å². The second-order valence-corrected chi connectivity index (χ2v) is 9.48. The molecule has 4 rings (SSSR count). The minimum absolute atomic E-state index is 0.238. The Morgan fingerprint density at radius 2 is 1.65 bits per heavy atom. The molecular weight excluding hydrogens is 489 g/mol. The van der Waals surface area contributed by atoms with Gasteiger partial charge in [-0.1, -0.05) is 18.2 Å². The molecule has 1 saturated heterocycles. The molecule has 12 heteroatoms. The number of para-hydroxylation sites is 1. The number of carbonyl (C=O) groups excluding carboxylic acids is 2. The summed E-state index contributed by atoms with van der Waals surface area (Å²) in [6.45, 7) is 7.42. The van der Waals surface area contributed by atoms with Gasteiger partial charge < -0.3 is 19.9 Å². The zero-order chi connectivity index (χ0) is 26.8. The minimum atomic E-state index is -4.81. The average Bonchev–Trinajstić information content (AvgIpc) is 3.31. The number of nitrogens with one attached hydrogen (secondary N) is 1. The molecule has 0 atom stereocenters. The first-order valence-corrected chi connectivity index (χ1v) is 11.6. The van der Waals surface area contributed by atoms with E-state index in [1.807, 2.05) is 25.7 Å². The van der Waals surface area contributed by atoms with Crippen molar-refractivity contribution in [3.63, 3.8) is 0 Å². The molecule has 2 aromatic heterocycles. The van der Waals surface area contributed by atoms with Crippen LogP contribution in [0.5, 0.6) is 0 Å². The van der Waals surface area contributed by atoms with Crippen LogP contribution in [0.3, 0.4) is 0 Å². The summed E-state index contributed by atoms with van der Waals surface area (Å²) in [6.07, 6.45) is -2.75. The van der Waals surface area contributed by atoms with E-state index >= 15 is 0 Å². The molecule has 0 aliphatic carbocycles. The molecule has 0 radical (unpaired) electrons. The maximum absolute atomic E-state index is 13.6. The van der Waals surface area contributed by atoms with E-state index in [2.05, 4.69) is 15.4 Å². The third-order valence-corrected chi connectivity index (χ3v) is 5.51. The van der Waals surface area contributed by atoms with Gasteiger partial charge in [0.2, 0.25) is 0 Å². The largest absolute Gasteiger partial charge is 0.444 e. The summed E-state index contributed by atoms with van der Waals surface area (Å²) in [7, 11) is 0. The fourth-order valence-corrected chi connectivity index (χ4v) is 3.75. The third-order valence-electron chi connectivity index (χ3n) is 5.51. The van der Waals surface area contributed by atoms with Crippen molar-refractivity contribution in [3.8, 4) is 5.69 Å². The van der Waals surface area contributed by atoms with Crippen LogP contribution in [-0.4, -0.2) is 63.4 Å². The number of pyridine rings is 1. The Bertz CT molecular complexity index is 1250. The number of hydrogen-bond donors (Lipinski definition) is 1. The zero-order valence-corrected chi connectivity index (χ0v) is 20.6. The summed E-state index contributed by atoms with van der Waals surface area (Å²) in [4.78, 5) is 32.9. The van der Waals surface area contributed by atoms with Crippen LogP contribution in [0.4, 0.5) is 29.5 Å². The molecule has 0 bridgehead atoms. The highest BCUT2D eigenvalue weighted by molar-refractivity contribution is 6.05. The van der Waals surface area contributed by atoms with Gasteiger partial charge in [-0.15, -0.1) is 0 Å². The van der Waals surface area contributed by atoms with E-state index in [1.54, 1.807) is 47.4 Å². The summed E-state index contributed by atoms with van der Waals surface area (Å²) in [5.41, 5.74) is -1.82. The number of carbonyl (C=O) groups is 2. The second kappa shape index (κ2) is 10.1. The number of piperazine rings is 1. The zero-order valence-electron chi connectivity index (χ0n) is 20.6. The van der Waals surface area contributed by atoms with E-state index in [1.165, 1.54) is 6.20 Å². The van der Waals surface area contributed by atoms with Crippen LogP contribution in [-0.2, 0) is 10.9 Å². The van der Waals surface area contributed by atoms with Crippen LogP contribution in [0.25, 0.3) is 5.69 Å². The molecule has 0 saturated carbocycles. The molecule has 196 valence electrons. The van der Waals surface area contributed by atoms with Crippen LogP contribution in [0.2, 0.25) is 0 Å². The number of ether oxygens (including phenoxy) is 1. The fraction of sp³-hybridized carbons (Fsp3) is 0.360. The summed E-state index contributed by atoms with van der Waals surface area (Å²) < 4.78 is 47.2. The predicted molar refractivity (Wildman–Crippen MR) is 131 cm³/mol. The lowest BCUT2D eigenvalue weighted by Crippen LogP contribution is -2.50. The molecule has 3 heterocycles. The Morgan fingerprint density at radius 3 is 2.22 bits per heavy atom. The SMILES string of the molecule is CC(C)(C)OC(=O)N1CCN(c2ccc(NC(=O)c3cn(-c4ccccc4)nc3C(F)(F)F)cn2)CC1. The van der Waals surface area contributed by atoms with E-state index in [4.69, 9.17) is 4.74 Å². The maximum atomic E-state index is 13.6. The summed E-state index contributed by atoms with van der Waals surface area (Å²) in [5, 5.41) is 6.07. The summed E-state index contributed by atoms with van der Waals surface area (Å²) in [6, 6.07) is 11.5. The number of benzene rings is 1. The van der Waals surface area contributed by atoms with Gasteiger partial charge in [-0.25, -0.2) is 14.5 Å². The number of halogens is 3. The standard InChI is InChI=1S/C25H27F3N6O3/c1-24(2,3)37-23(36)33-13-11-32(12-14-33)20-10-9-17(15-29-20)30-22(35)19-16-34(18-7-5-4-6-8-18)31-21(19)25(26,27)28/h4-10,15-16H,11-14H2,1-3H3,(H,30,35). The Labute approximate surface area is 211 Å². The van der Waals surface area contributed by atoms with Crippen molar-refractivity contribution in [1.29, 1.82) is 0 Å². The van der Waals surface area contributed by atoms with Crippen LogP contribution in [0.15, 0.2) is 54.9 Å². The molecule has 1 aliphatic heterocycles. The van der Waals surface area contributed by atoms with Crippen LogP contribution in [0.1, 0.15) is 36.8 Å². The third kappa shape index (κ3) is 6.38. The number of nitrogens with zero attached hydrogens (tertiary/aromatic N) is 5. The van der Waals surface area contributed by atoms with Crippen molar-refractivity contribution in [1.82, 2.24) is 19.7 Å².